The molecule has 1 aromatic heterocycles. The largest absolute Gasteiger partial charge is 0.497 e. The Morgan fingerprint density at radius 3 is 2.78 bits per heavy atom. The van der Waals surface area contributed by atoms with E-state index in [0.29, 0.717) is 0 Å². The van der Waals surface area contributed by atoms with E-state index in [2.05, 4.69) is 4.98 Å². The maximum absolute atomic E-state index is 12.3. The fourth-order valence-electron chi connectivity index (χ4n) is 1.71. The fourth-order valence-corrected chi connectivity index (χ4v) is 1.71. The van der Waals surface area contributed by atoms with Gasteiger partial charge in [0.05, 0.1) is 24.2 Å². The van der Waals surface area contributed by atoms with E-state index < -0.39 is 0 Å². The van der Waals surface area contributed by atoms with Gasteiger partial charge in [-0.2, -0.15) is 0 Å². The van der Waals surface area contributed by atoms with Crippen LogP contribution in [0.1, 0.15) is 11.7 Å². The topological polar surface area (TPSA) is 47.4 Å². The highest BCUT2D eigenvalue weighted by Gasteiger charge is 2.19. The highest BCUT2D eigenvalue weighted by Crippen LogP contribution is 2.20. The molecule has 0 aliphatic heterocycles. The molecule has 0 aliphatic rings. The molecule has 2 aromatic rings. The molecule has 0 fully saturated rings. The number of ether oxygens (including phenoxy) is 1. The van der Waals surface area contributed by atoms with Crippen LogP contribution in [0.2, 0.25) is 0 Å². The minimum atomic E-state index is -0.200. The summed E-state index contributed by atoms with van der Waals surface area (Å²) in [5, 5.41) is 0. The number of imidazole rings is 1. The van der Waals surface area contributed by atoms with Crippen molar-refractivity contribution in [3.05, 3.63) is 24.5 Å². The zero-order valence-electron chi connectivity index (χ0n) is 11.0. The second kappa shape index (κ2) is 4.78. The number of carbonyl (C=O) groups is 1. The molecular formula is C13H17N3O2. The summed E-state index contributed by atoms with van der Waals surface area (Å²) in [4.78, 5) is 18.4. The lowest BCUT2D eigenvalue weighted by molar-refractivity contribution is 0.0809. The number of likely N-dealkylation sites (N-methyl/N-ethyl adjacent to an activating group) is 1. The molecule has 0 amide bonds. The van der Waals surface area contributed by atoms with Crippen LogP contribution in [-0.4, -0.2) is 47.6 Å². The lowest BCUT2D eigenvalue weighted by Crippen LogP contribution is -2.36. The Bertz CT molecular complexity index is 575. The number of aromatic nitrogens is 2. The summed E-state index contributed by atoms with van der Waals surface area (Å²) >= 11 is 0. The average Bonchev–Trinajstić information content (AvgIpc) is 2.79. The van der Waals surface area contributed by atoms with Gasteiger partial charge in [0, 0.05) is 6.07 Å². The first-order valence-corrected chi connectivity index (χ1v) is 5.76. The molecule has 18 heavy (non-hydrogen) atoms. The summed E-state index contributed by atoms with van der Waals surface area (Å²) in [6, 6.07) is 5.30. The number of benzene rings is 1. The van der Waals surface area contributed by atoms with E-state index in [9.17, 15) is 4.79 Å². The standard InChI is InChI=1S/C13H17N3O2/c1-9(15(2)3)13(17)16-8-14-11-6-5-10(18-4)7-12(11)16/h5-9H,1-4H3/t9-/m0/s1. The van der Waals surface area contributed by atoms with Crippen molar-refractivity contribution in [3.63, 3.8) is 0 Å². The van der Waals surface area contributed by atoms with E-state index in [1.165, 1.54) is 0 Å². The van der Waals surface area contributed by atoms with Crippen LogP contribution in [0.5, 0.6) is 5.75 Å². The zero-order valence-corrected chi connectivity index (χ0v) is 11.0. The van der Waals surface area contributed by atoms with Gasteiger partial charge in [0.15, 0.2) is 0 Å². The van der Waals surface area contributed by atoms with E-state index in [-0.39, 0.29) is 11.9 Å². The molecular weight excluding hydrogens is 230 g/mol. The summed E-state index contributed by atoms with van der Waals surface area (Å²) < 4.78 is 6.74. The van der Waals surface area contributed by atoms with Crippen LogP contribution >= 0.6 is 0 Å². The average molecular weight is 247 g/mol. The quantitative estimate of drug-likeness (QED) is 0.827. The van der Waals surface area contributed by atoms with Gasteiger partial charge in [-0.3, -0.25) is 14.3 Å². The van der Waals surface area contributed by atoms with Crippen LogP contribution in [0.25, 0.3) is 11.0 Å². The minimum Gasteiger partial charge on any atom is -0.497 e. The minimum absolute atomic E-state index is 0.00393. The predicted octanol–water partition coefficient (Wildman–Crippen LogP) is 1.64. The van der Waals surface area contributed by atoms with E-state index in [0.717, 1.165) is 16.8 Å². The number of nitrogens with zero attached hydrogens (tertiary/aromatic N) is 3. The van der Waals surface area contributed by atoms with Gasteiger partial charge in [-0.05, 0) is 33.2 Å². The highest BCUT2D eigenvalue weighted by atomic mass is 16.5. The van der Waals surface area contributed by atoms with E-state index in [1.54, 1.807) is 18.0 Å². The van der Waals surface area contributed by atoms with Crippen LogP contribution in [0.15, 0.2) is 24.5 Å². The monoisotopic (exact) mass is 247 g/mol. The Hall–Kier alpha value is -1.88. The Morgan fingerprint density at radius 1 is 1.44 bits per heavy atom. The molecule has 0 bridgehead atoms. The molecule has 0 saturated carbocycles. The summed E-state index contributed by atoms with van der Waals surface area (Å²) in [5.41, 5.74) is 1.56. The third-order valence-corrected chi connectivity index (χ3v) is 3.12. The Morgan fingerprint density at radius 2 is 2.17 bits per heavy atom. The molecule has 5 heteroatoms. The molecule has 0 radical (unpaired) electrons. The normalized spacial score (nSPS) is 12.9. The molecule has 2 rings (SSSR count). The van der Waals surface area contributed by atoms with Crippen molar-refractivity contribution >= 4 is 16.9 Å². The molecule has 0 N–H and O–H groups in total. The molecule has 0 aliphatic carbocycles. The van der Waals surface area contributed by atoms with Gasteiger partial charge in [-0.15, -0.1) is 0 Å². The Balaban J connectivity index is 2.48. The van der Waals surface area contributed by atoms with Crippen LogP contribution < -0.4 is 4.74 Å². The molecule has 1 aromatic carbocycles. The SMILES string of the molecule is COc1ccc2ncn(C(=O)[C@H](C)N(C)C)c2c1. The van der Waals surface area contributed by atoms with Crippen molar-refractivity contribution in [2.45, 2.75) is 13.0 Å². The van der Waals surface area contributed by atoms with Crippen molar-refractivity contribution in [3.8, 4) is 5.75 Å². The molecule has 0 unspecified atom stereocenters. The summed E-state index contributed by atoms with van der Waals surface area (Å²) in [7, 11) is 5.36. The van der Waals surface area contributed by atoms with Crippen molar-refractivity contribution in [2.75, 3.05) is 21.2 Å². The molecule has 0 spiro atoms. The third-order valence-electron chi connectivity index (χ3n) is 3.12. The molecule has 0 saturated heterocycles. The van der Waals surface area contributed by atoms with Gasteiger partial charge in [-0.25, -0.2) is 4.98 Å². The summed E-state index contributed by atoms with van der Waals surface area (Å²) in [6.45, 7) is 1.87. The van der Waals surface area contributed by atoms with Gasteiger partial charge in [0.2, 0.25) is 5.91 Å². The lowest BCUT2D eigenvalue weighted by Gasteiger charge is -2.18. The first-order valence-electron chi connectivity index (χ1n) is 5.76. The second-order valence-corrected chi connectivity index (χ2v) is 4.45. The predicted molar refractivity (Wildman–Crippen MR) is 70.1 cm³/mol. The Labute approximate surface area is 106 Å². The van der Waals surface area contributed by atoms with Crippen LogP contribution in [0, 0.1) is 0 Å². The highest BCUT2D eigenvalue weighted by molar-refractivity contribution is 5.93. The van der Waals surface area contributed by atoms with Crippen molar-refractivity contribution in [1.29, 1.82) is 0 Å². The van der Waals surface area contributed by atoms with Gasteiger partial charge >= 0.3 is 0 Å². The zero-order chi connectivity index (χ0) is 13.3. The second-order valence-electron chi connectivity index (χ2n) is 4.45. The van der Waals surface area contributed by atoms with Crippen molar-refractivity contribution < 1.29 is 9.53 Å². The van der Waals surface area contributed by atoms with Crippen LogP contribution in [0.3, 0.4) is 0 Å². The van der Waals surface area contributed by atoms with Gasteiger partial charge in [-0.1, -0.05) is 0 Å². The number of hydrogen-bond donors (Lipinski definition) is 0. The molecule has 96 valence electrons. The summed E-state index contributed by atoms with van der Waals surface area (Å²) in [5.74, 6) is 0.713. The van der Waals surface area contributed by atoms with Gasteiger partial charge in [0.1, 0.15) is 12.1 Å². The lowest BCUT2D eigenvalue weighted by atomic mass is 10.2. The number of rotatable bonds is 3. The fraction of sp³-hybridized carbons (Fsp3) is 0.385. The Kier molecular flexibility index (Phi) is 3.34. The number of fused-ring (bicyclic) bond motifs is 1. The van der Waals surface area contributed by atoms with E-state index >= 15 is 0 Å². The first-order chi connectivity index (χ1) is 8.54. The van der Waals surface area contributed by atoms with Crippen molar-refractivity contribution in [1.82, 2.24) is 14.5 Å². The summed E-state index contributed by atoms with van der Waals surface area (Å²) in [6.07, 6.45) is 1.56. The van der Waals surface area contributed by atoms with E-state index in [4.69, 9.17) is 4.74 Å². The van der Waals surface area contributed by atoms with Crippen LogP contribution in [0.4, 0.5) is 0 Å². The van der Waals surface area contributed by atoms with Gasteiger partial charge < -0.3 is 4.74 Å². The maximum atomic E-state index is 12.3. The van der Waals surface area contributed by atoms with Crippen molar-refractivity contribution in [2.24, 2.45) is 0 Å². The third kappa shape index (κ3) is 2.09. The molecule has 1 atom stereocenters. The number of carbonyl (C=O) groups excluding carboxylic acids is 1. The maximum Gasteiger partial charge on any atom is 0.249 e. The van der Waals surface area contributed by atoms with Gasteiger partial charge in [0.25, 0.3) is 0 Å². The smallest absolute Gasteiger partial charge is 0.249 e. The number of methoxy groups -OCH3 is 1. The molecule has 1 heterocycles. The van der Waals surface area contributed by atoms with Crippen LogP contribution in [-0.2, 0) is 0 Å². The molecule has 5 nitrogen and oxygen atoms in total. The first kappa shape index (κ1) is 12.6. The van der Waals surface area contributed by atoms with E-state index in [1.807, 2.05) is 44.1 Å². The number of hydrogen-bond acceptors (Lipinski definition) is 4.